The van der Waals surface area contributed by atoms with E-state index in [1.54, 1.807) is 17.4 Å². The maximum absolute atomic E-state index is 10.6. The van der Waals surface area contributed by atoms with Crippen LogP contribution in [0.3, 0.4) is 0 Å². The van der Waals surface area contributed by atoms with Gasteiger partial charge in [-0.2, -0.15) is 0 Å². The molecule has 0 aliphatic carbocycles. The van der Waals surface area contributed by atoms with Gasteiger partial charge in [0.15, 0.2) is 5.69 Å². The Morgan fingerprint density at radius 1 is 1.35 bits per heavy atom. The van der Waals surface area contributed by atoms with Gasteiger partial charge in [-0.25, -0.2) is 4.79 Å². The van der Waals surface area contributed by atoms with Crippen molar-refractivity contribution >= 4 is 39.1 Å². The van der Waals surface area contributed by atoms with Crippen LogP contribution in [0.15, 0.2) is 28.1 Å². The summed E-state index contributed by atoms with van der Waals surface area (Å²) in [5, 5.41) is 19.1. The summed E-state index contributed by atoms with van der Waals surface area (Å²) in [7, 11) is 0. The minimum absolute atomic E-state index is 0.0607. The summed E-state index contributed by atoms with van der Waals surface area (Å²) in [5.74, 6) is -0.522. The predicted octanol–water partition coefficient (Wildman–Crippen LogP) is 2.61. The van der Waals surface area contributed by atoms with Crippen LogP contribution in [-0.4, -0.2) is 21.3 Å². The SMILES string of the molecule is O=C(O)c1ccc(NCc2ccc(Br)s2)nn1. The van der Waals surface area contributed by atoms with Crippen LogP contribution < -0.4 is 5.32 Å². The zero-order valence-electron chi connectivity index (χ0n) is 8.55. The monoisotopic (exact) mass is 313 g/mol. The van der Waals surface area contributed by atoms with Gasteiger partial charge in [0.1, 0.15) is 5.82 Å². The van der Waals surface area contributed by atoms with Crippen molar-refractivity contribution < 1.29 is 9.90 Å². The normalized spacial score (nSPS) is 10.2. The first kappa shape index (κ1) is 12.0. The Hall–Kier alpha value is -1.47. The Labute approximate surface area is 110 Å². The Balaban J connectivity index is 1.97. The maximum atomic E-state index is 10.6. The lowest BCUT2D eigenvalue weighted by molar-refractivity contribution is 0.0689. The number of anilines is 1. The highest BCUT2D eigenvalue weighted by atomic mass is 79.9. The van der Waals surface area contributed by atoms with E-state index >= 15 is 0 Å². The average Bonchev–Trinajstić information content (AvgIpc) is 2.73. The zero-order chi connectivity index (χ0) is 12.3. The van der Waals surface area contributed by atoms with Gasteiger partial charge in [-0.15, -0.1) is 21.5 Å². The number of carbonyl (C=O) groups is 1. The molecule has 5 nitrogen and oxygen atoms in total. The van der Waals surface area contributed by atoms with Crippen LogP contribution in [0.5, 0.6) is 0 Å². The number of halogens is 1. The van der Waals surface area contributed by atoms with Crippen molar-refractivity contribution in [2.45, 2.75) is 6.54 Å². The van der Waals surface area contributed by atoms with Crippen LogP contribution in [-0.2, 0) is 6.54 Å². The van der Waals surface area contributed by atoms with Crippen LogP contribution in [0.2, 0.25) is 0 Å². The predicted molar refractivity (Wildman–Crippen MR) is 68.3 cm³/mol. The highest BCUT2D eigenvalue weighted by molar-refractivity contribution is 9.11. The number of hydrogen-bond acceptors (Lipinski definition) is 5. The Kier molecular flexibility index (Phi) is 3.70. The fraction of sp³-hybridized carbons (Fsp3) is 0.100. The third-order valence-corrected chi connectivity index (χ3v) is 3.58. The van der Waals surface area contributed by atoms with E-state index in [-0.39, 0.29) is 5.69 Å². The molecule has 0 fully saturated rings. The molecule has 0 radical (unpaired) electrons. The number of nitrogens with one attached hydrogen (secondary N) is 1. The molecule has 0 saturated carbocycles. The van der Waals surface area contributed by atoms with E-state index in [0.29, 0.717) is 12.4 Å². The molecule has 0 aliphatic heterocycles. The molecular weight excluding hydrogens is 306 g/mol. The average molecular weight is 314 g/mol. The number of aromatic nitrogens is 2. The molecular formula is C10H8BrN3O2S. The van der Waals surface area contributed by atoms with Gasteiger partial charge in [0, 0.05) is 4.88 Å². The highest BCUT2D eigenvalue weighted by Gasteiger charge is 2.05. The number of thiophene rings is 1. The first-order valence-electron chi connectivity index (χ1n) is 4.70. The van der Waals surface area contributed by atoms with E-state index in [2.05, 4.69) is 31.4 Å². The van der Waals surface area contributed by atoms with Crippen molar-refractivity contribution in [3.05, 3.63) is 38.6 Å². The van der Waals surface area contributed by atoms with E-state index in [9.17, 15) is 4.79 Å². The molecule has 0 spiro atoms. The molecule has 2 N–H and O–H groups in total. The van der Waals surface area contributed by atoms with Crippen molar-refractivity contribution in [1.82, 2.24) is 10.2 Å². The number of nitrogens with zero attached hydrogens (tertiary/aromatic N) is 2. The molecule has 88 valence electrons. The Morgan fingerprint density at radius 2 is 2.18 bits per heavy atom. The molecule has 0 unspecified atom stereocenters. The van der Waals surface area contributed by atoms with Crippen molar-refractivity contribution in [2.75, 3.05) is 5.32 Å². The summed E-state index contributed by atoms with van der Waals surface area (Å²) >= 11 is 5.01. The van der Waals surface area contributed by atoms with Gasteiger partial charge in [0.2, 0.25) is 0 Å². The minimum Gasteiger partial charge on any atom is -0.476 e. The Bertz CT molecular complexity index is 527. The molecule has 0 saturated heterocycles. The molecule has 0 aromatic carbocycles. The van der Waals surface area contributed by atoms with Gasteiger partial charge >= 0.3 is 5.97 Å². The Morgan fingerprint density at radius 3 is 2.71 bits per heavy atom. The van der Waals surface area contributed by atoms with Gasteiger partial charge < -0.3 is 10.4 Å². The number of aromatic carboxylic acids is 1. The first-order chi connectivity index (χ1) is 8.15. The number of carboxylic acid groups (broad SMARTS) is 1. The fourth-order valence-corrected chi connectivity index (χ4v) is 2.59. The summed E-state index contributed by atoms with van der Waals surface area (Å²) in [5.41, 5.74) is -0.0607. The van der Waals surface area contributed by atoms with E-state index in [1.165, 1.54) is 6.07 Å². The summed E-state index contributed by atoms with van der Waals surface area (Å²) in [6.07, 6.45) is 0. The molecule has 0 aliphatic rings. The summed E-state index contributed by atoms with van der Waals surface area (Å²) in [4.78, 5) is 11.7. The van der Waals surface area contributed by atoms with E-state index < -0.39 is 5.97 Å². The number of carboxylic acids is 1. The van der Waals surface area contributed by atoms with Crippen molar-refractivity contribution in [3.63, 3.8) is 0 Å². The van der Waals surface area contributed by atoms with Crippen molar-refractivity contribution in [1.29, 1.82) is 0 Å². The van der Waals surface area contributed by atoms with Crippen LogP contribution in [0, 0.1) is 0 Å². The summed E-state index contributed by atoms with van der Waals surface area (Å²) in [6.45, 7) is 0.636. The van der Waals surface area contributed by atoms with Crippen molar-refractivity contribution in [2.24, 2.45) is 0 Å². The van der Waals surface area contributed by atoms with Gasteiger partial charge in [-0.3, -0.25) is 0 Å². The van der Waals surface area contributed by atoms with E-state index in [0.717, 1.165) is 8.66 Å². The fourth-order valence-electron chi connectivity index (χ4n) is 1.17. The third kappa shape index (κ3) is 3.24. The molecule has 17 heavy (non-hydrogen) atoms. The van der Waals surface area contributed by atoms with Gasteiger partial charge in [-0.05, 0) is 40.2 Å². The largest absolute Gasteiger partial charge is 0.476 e. The van der Waals surface area contributed by atoms with E-state index in [1.807, 2.05) is 12.1 Å². The molecule has 0 atom stereocenters. The van der Waals surface area contributed by atoms with Gasteiger partial charge in [-0.1, -0.05) is 0 Å². The second-order valence-corrected chi connectivity index (χ2v) is 5.72. The molecule has 2 aromatic rings. The molecule has 2 rings (SSSR count). The first-order valence-corrected chi connectivity index (χ1v) is 6.31. The van der Waals surface area contributed by atoms with E-state index in [4.69, 9.17) is 5.11 Å². The molecule has 7 heteroatoms. The number of rotatable bonds is 4. The maximum Gasteiger partial charge on any atom is 0.356 e. The number of hydrogen-bond donors (Lipinski definition) is 2. The molecule has 0 bridgehead atoms. The molecule has 0 amide bonds. The minimum atomic E-state index is -1.08. The lowest BCUT2D eigenvalue weighted by atomic mass is 10.4. The second-order valence-electron chi connectivity index (χ2n) is 3.17. The summed E-state index contributed by atoms with van der Waals surface area (Å²) in [6, 6.07) is 6.99. The smallest absolute Gasteiger partial charge is 0.356 e. The quantitative estimate of drug-likeness (QED) is 0.907. The van der Waals surface area contributed by atoms with Crippen molar-refractivity contribution in [3.8, 4) is 0 Å². The van der Waals surface area contributed by atoms with Gasteiger partial charge in [0.25, 0.3) is 0 Å². The molecule has 2 aromatic heterocycles. The molecule has 2 heterocycles. The third-order valence-electron chi connectivity index (χ3n) is 1.96. The van der Waals surface area contributed by atoms with Crippen LogP contribution >= 0.6 is 27.3 Å². The topological polar surface area (TPSA) is 75.1 Å². The lowest BCUT2D eigenvalue weighted by Gasteiger charge is -2.02. The second kappa shape index (κ2) is 5.24. The zero-order valence-corrected chi connectivity index (χ0v) is 11.0. The standard InChI is InChI=1S/C10H8BrN3O2S/c11-8-3-1-6(17-8)5-12-9-4-2-7(10(15)16)13-14-9/h1-4H,5H2,(H,12,14)(H,15,16). The van der Waals surface area contributed by atoms with Crippen LogP contribution in [0.4, 0.5) is 5.82 Å². The van der Waals surface area contributed by atoms with Crippen LogP contribution in [0.25, 0.3) is 0 Å². The summed E-state index contributed by atoms with van der Waals surface area (Å²) < 4.78 is 1.07. The lowest BCUT2D eigenvalue weighted by Crippen LogP contribution is -2.05. The highest BCUT2D eigenvalue weighted by Crippen LogP contribution is 2.22. The van der Waals surface area contributed by atoms with Crippen LogP contribution in [0.1, 0.15) is 15.4 Å². The van der Waals surface area contributed by atoms with Gasteiger partial charge in [0.05, 0.1) is 10.3 Å².